The zero-order valence-corrected chi connectivity index (χ0v) is 12.2. The van der Waals surface area contributed by atoms with E-state index < -0.39 is 36.5 Å². The number of nitrogens with one attached hydrogen (secondary N) is 1. The van der Waals surface area contributed by atoms with Gasteiger partial charge in [0.25, 0.3) is 0 Å². The van der Waals surface area contributed by atoms with Gasteiger partial charge in [0, 0.05) is 19.1 Å². The first kappa shape index (κ1) is 17.2. The maximum Gasteiger partial charge on any atom is 0.326 e. The van der Waals surface area contributed by atoms with E-state index in [1.54, 1.807) is 0 Å². The molecule has 0 saturated carbocycles. The largest absolute Gasteiger partial charge is 0.480 e. The van der Waals surface area contributed by atoms with E-state index in [9.17, 15) is 19.5 Å². The molecule has 2 unspecified atom stereocenters. The third kappa shape index (κ3) is 5.20. The topological polar surface area (TPSA) is 136 Å². The number of primary amides is 1. The van der Waals surface area contributed by atoms with Crippen LogP contribution in [0.1, 0.15) is 12.8 Å². The molecule has 21 heavy (non-hydrogen) atoms. The third-order valence-corrected chi connectivity index (χ3v) is 3.23. The van der Waals surface area contributed by atoms with E-state index >= 15 is 0 Å². The number of aliphatic carboxylic acids is 1. The molecule has 0 aromatic rings. The van der Waals surface area contributed by atoms with Crippen LogP contribution in [0.5, 0.6) is 0 Å². The minimum atomic E-state index is -1.37. The summed E-state index contributed by atoms with van der Waals surface area (Å²) in [5, 5.41) is 20.9. The summed E-state index contributed by atoms with van der Waals surface area (Å²) in [5.74, 6) is -2.14. The van der Waals surface area contributed by atoms with Crippen molar-refractivity contribution in [1.82, 2.24) is 15.1 Å². The molecule has 5 N–H and O–H groups in total. The van der Waals surface area contributed by atoms with E-state index in [0.29, 0.717) is 13.0 Å². The van der Waals surface area contributed by atoms with E-state index in [1.807, 2.05) is 19.0 Å². The highest BCUT2D eigenvalue weighted by Crippen LogP contribution is 2.18. The molecule has 1 rings (SSSR count). The van der Waals surface area contributed by atoms with Crippen LogP contribution in [0.4, 0.5) is 4.79 Å². The van der Waals surface area contributed by atoms with Crippen LogP contribution in [0.2, 0.25) is 0 Å². The van der Waals surface area contributed by atoms with Crippen LogP contribution < -0.4 is 11.1 Å². The second kappa shape index (κ2) is 7.23. The Bertz CT molecular complexity index is 414. The Morgan fingerprint density at radius 3 is 2.52 bits per heavy atom. The molecule has 3 atom stereocenters. The third-order valence-electron chi connectivity index (χ3n) is 3.23. The molecule has 1 saturated heterocycles. The van der Waals surface area contributed by atoms with Gasteiger partial charge in [0.2, 0.25) is 5.91 Å². The molecule has 1 heterocycles. The lowest BCUT2D eigenvalue weighted by Gasteiger charge is -2.28. The van der Waals surface area contributed by atoms with Crippen molar-refractivity contribution < 1.29 is 24.6 Å². The quantitative estimate of drug-likeness (QED) is 0.449. The van der Waals surface area contributed by atoms with Gasteiger partial charge < -0.3 is 31.1 Å². The van der Waals surface area contributed by atoms with Crippen LogP contribution in [0.25, 0.3) is 0 Å². The lowest BCUT2D eigenvalue weighted by atomic mass is 10.2. The van der Waals surface area contributed by atoms with Gasteiger partial charge in [-0.1, -0.05) is 0 Å². The van der Waals surface area contributed by atoms with Gasteiger partial charge in [-0.2, -0.15) is 0 Å². The molecule has 1 fully saturated rings. The Morgan fingerprint density at radius 2 is 2.05 bits per heavy atom. The number of carbonyl (C=O) groups excluding carboxylic acids is 2. The SMILES string of the molecule is CN(C)CC1CC(O)CN1C(=O)N[C@H](CC(N)=O)C(=O)O. The van der Waals surface area contributed by atoms with Gasteiger partial charge in [0.1, 0.15) is 6.04 Å². The Hall–Kier alpha value is -1.87. The molecule has 0 aromatic carbocycles. The molecule has 0 radical (unpaired) electrons. The summed E-state index contributed by atoms with van der Waals surface area (Å²) < 4.78 is 0. The molecular formula is C12H22N4O5. The van der Waals surface area contributed by atoms with E-state index in [0.717, 1.165) is 0 Å². The van der Waals surface area contributed by atoms with Crippen LogP contribution in [-0.2, 0) is 9.59 Å². The first-order valence-electron chi connectivity index (χ1n) is 6.61. The van der Waals surface area contributed by atoms with Crippen LogP contribution >= 0.6 is 0 Å². The van der Waals surface area contributed by atoms with Crippen LogP contribution in [0.15, 0.2) is 0 Å². The molecule has 3 amide bonds. The number of carboxylic acid groups (broad SMARTS) is 1. The van der Waals surface area contributed by atoms with Gasteiger partial charge in [-0.05, 0) is 20.5 Å². The van der Waals surface area contributed by atoms with Gasteiger partial charge in [-0.15, -0.1) is 0 Å². The summed E-state index contributed by atoms with van der Waals surface area (Å²) in [6.45, 7) is 0.686. The fraction of sp³-hybridized carbons (Fsp3) is 0.750. The Morgan fingerprint density at radius 1 is 1.43 bits per heavy atom. The maximum absolute atomic E-state index is 12.1. The smallest absolute Gasteiger partial charge is 0.326 e. The van der Waals surface area contributed by atoms with E-state index in [4.69, 9.17) is 10.8 Å². The molecule has 9 nitrogen and oxygen atoms in total. The summed E-state index contributed by atoms with van der Waals surface area (Å²) in [7, 11) is 3.68. The van der Waals surface area contributed by atoms with Crippen LogP contribution in [0, 0.1) is 0 Å². The molecule has 1 aliphatic heterocycles. The number of hydrogen-bond donors (Lipinski definition) is 4. The molecule has 1 aliphatic rings. The summed E-state index contributed by atoms with van der Waals surface area (Å²) in [6.07, 6.45) is -0.685. The number of rotatable bonds is 6. The number of urea groups is 1. The van der Waals surface area contributed by atoms with Crippen molar-refractivity contribution in [3.05, 3.63) is 0 Å². The van der Waals surface area contributed by atoms with Gasteiger partial charge >= 0.3 is 12.0 Å². The lowest BCUT2D eigenvalue weighted by molar-refractivity contribution is -0.141. The number of carbonyl (C=O) groups is 3. The minimum Gasteiger partial charge on any atom is -0.480 e. The van der Waals surface area contributed by atoms with Crippen molar-refractivity contribution in [3.63, 3.8) is 0 Å². The number of amides is 3. The number of aliphatic hydroxyl groups is 1. The fourth-order valence-electron chi connectivity index (χ4n) is 2.37. The maximum atomic E-state index is 12.1. The highest BCUT2D eigenvalue weighted by molar-refractivity contribution is 5.87. The number of hydrogen-bond acceptors (Lipinski definition) is 5. The Labute approximate surface area is 122 Å². The first-order chi connectivity index (χ1) is 9.70. The van der Waals surface area contributed by atoms with Crippen molar-refractivity contribution >= 4 is 17.9 Å². The number of likely N-dealkylation sites (tertiary alicyclic amines) is 1. The van der Waals surface area contributed by atoms with Crippen molar-refractivity contribution in [1.29, 1.82) is 0 Å². The fourth-order valence-corrected chi connectivity index (χ4v) is 2.37. The zero-order chi connectivity index (χ0) is 16.2. The van der Waals surface area contributed by atoms with Gasteiger partial charge in [0.15, 0.2) is 0 Å². The predicted molar refractivity (Wildman–Crippen MR) is 73.4 cm³/mol. The molecular weight excluding hydrogens is 280 g/mol. The average molecular weight is 302 g/mol. The predicted octanol–water partition coefficient (Wildman–Crippen LogP) is -1.98. The average Bonchev–Trinajstić information content (AvgIpc) is 2.67. The number of nitrogens with zero attached hydrogens (tertiary/aromatic N) is 2. The van der Waals surface area contributed by atoms with Gasteiger partial charge in [-0.3, -0.25) is 4.79 Å². The standard InChI is InChI=1S/C12H22N4O5/c1-15(2)5-7-3-8(17)6-16(7)12(21)14-9(11(19)20)4-10(13)18/h7-9,17H,3-6H2,1-2H3,(H2,13,18)(H,14,21)(H,19,20)/t7?,8?,9-/m1/s1. The number of β-amino-alcohol motifs (C(OH)–C–C–N with tert-alkyl or cyclic N) is 1. The highest BCUT2D eigenvalue weighted by Gasteiger charge is 2.36. The molecule has 0 spiro atoms. The summed E-state index contributed by atoms with van der Waals surface area (Å²) in [4.78, 5) is 37.3. The van der Waals surface area contributed by atoms with Crippen LogP contribution in [-0.4, -0.2) is 83.3 Å². The summed E-state index contributed by atoms with van der Waals surface area (Å²) in [5.41, 5.74) is 4.96. The summed E-state index contributed by atoms with van der Waals surface area (Å²) >= 11 is 0. The van der Waals surface area contributed by atoms with E-state index in [-0.39, 0.29) is 12.6 Å². The number of nitrogens with two attached hydrogens (primary N) is 1. The van der Waals surface area contributed by atoms with Gasteiger partial charge in [-0.25, -0.2) is 9.59 Å². The van der Waals surface area contributed by atoms with E-state index in [1.165, 1.54) is 4.90 Å². The van der Waals surface area contributed by atoms with Crippen molar-refractivity contribution in [2.24, 2.45) is 5.73 Å². The number of aliphatic hydroxyl groups excluding tert-OH is 1. The molecule has 0 aliphatic carbocycles. The Balaban J connectivity index is 2.71. The van der Waals surface area contributed by atoms with Crippen molar-refractivity contribution in [3.8, 4) is 0 Å². The number of likely N-dealkylation sites (N-methyl/N-ethyl adjacent to an activating group) is 1. The van der Waals surface area contributed by atoms with Crippen LogP contribution in [0.3, 0.4) is 0 Å². The molecule has 0 bridgehead atoms. The number of carboxylic acids is 1. The minimum absolute atomic E-state index is 0.132. The molecule has 9 heteroatoms. The monoisotopic (exact) mass is 302 g/mol. The van der Waals surface area contributed by atoms with Crippen molar-refractivity contribution in [2.75, 3.05) is 27.2 Å². The first-order valence-corrected chi connectivity index (χ1v) is 6.61. The summed E-state index contributed by atoms with van der Waals surface area (Å²) in [6, 6.07) is -2.20. The lowest BCUT2D eigenvalue weighted by Crippen LogP contribution is -2.52. The highest BCUT2D eigenvalue weighted by atomic mass is 16.4. The zero-order valence-electron chi connectivity index (χ0n) is 12.2. The van der Waals surface area contributed by atoms with E-state index in [2.05, 4.69) is 5.32 Å². The normalized spacial score (nSPS) is 23.1. The molecule has 120 valence electrons. The molecule has 0 aromatic heterocycles. The van der Waals surface area contributed by atoms with Gasteiger partial charge in [0.05, 0.1) is 12.5 Å². The Kier molecular flexibility index (Phi) is 5.91. The second-order valence-electron chi connectivity index (χ2n) is 5.47. The second-order valence-corrected chi connectivity index (χ2v) is 5.47. The van der Waals surface area contributed by atoms with Crippen molar-refractivity contribution in [2.45, 2.75) is 31.0 Å².